The van der Waals surface area contributed by atoms with E-state index in [0.29, 0.717) is 5.92 Å². The normalized spacial score (nSPS) is 11.2. The number of nitrogens with one attached hydrogen (secondary N) is 1. The Kier molecular flexibility index (Phi) is 3.28. The first kappa shape index (κ1) is 11.2. The number of aromatic amines is 1. The van der Waals surface area contributed by atoms with Crippen LogP contribution in [0.15, 0.2) is 15.7 Å². The standard InChI is InChI=1S/C10H14N4OS/c1-6(2)9-11-10(13-12-9)16-5-8-4-7(3)15-14-8/h4,6H,5H2,1-3H3,(H,11,12,13). The second-order valence-electron chi connectivity index (χ2n) is 3.88. The number of aromatic nitrogens is 4. The first-order valence-electron chi connectivity index (χ1n) is 5.12. The molecule has 0 aliphatic heterocycles. The van der Waals surface area contributed by atoms with Gasteiger partial charge in [0.1, 0.15) is 11.6 Å². The van der Waals surface area contributed by atoms with Crippen LogP contribution in [0.25, 0.3) is 0 Å². The van der Waals surface area contributed by atoms with Crippen LogP contribution in [-0.4, -0.2) is 20.3 Å². The quantitative estimate of drug-likeness (QED) is 0.829. The Bertz CT molecular complexity index is 463. The van der Waals surface area contributed by atoms with Crippen LogP contribution >= 0.6 is 11.8 Å². The van der Waals surface area contributed by atoms with Gasteiger partial charge in [-0.25, -0.2) is 4.98 Å². The fourth-order valence-corrected chi connectivity index (χ4v) is 1.89. The highest BCUT2D eigenvalue weighted by Crippen LogP contribution is 2.20. The molecular weight excluding hydrogens is 224 g/mol. The van der Waals surface area contributed by atoms with E-state index in [1.165, 1.54) is 0 Å². The molecule has 0 spiro atoms. The molecule has 0 radical (unpaired) electrons. The molecule has 1 N–H and O–H groups in total. The summed E-state index contributed by atoms with van der Waals surface area (Å²) in [5, 5.41) is 11.7. The lowest BCUT2D eigenvalue weighted by Crippen LogP contribution is -1.89. The predicted octanol–water partition coefficient (Wildman–Crippen LogP) is 2.52. The summed E-state index contributed by atoms with van der Waals surface area (Å²) in [6.07, 6.45) is 0. The van der Waals surface area contributed by atoms with E-state index in [1.807, 2.05) is 13.0 Å². The van der Waals surface area contributed by atoms with Crippen LogP contribution in [-0.2, 0) is 5.75 Å². The highest BCUT2D eigenvalue weighted by atomic mass is 32.2. The van der Waals surface area contributed by atoms with E-state index < -0.39 is 0 Å². The summed E-state index contributed by atoms with van der Waals surface area (Å²) in [4.78, 5) is 4.37. The lowest BCUT2D eigenvalue weighted by atomic mass is 10.2. The van der Waals surface area contributed by atoms with Gasteiger partial charge in [0.2, 0.25) is 5.16 Å². The number of thioether (sulfide) groups is 1. The Labute approximate surface area is 98.0 Å². The summed E-state index contributed by atoms with van der Waals surface area (Å²) in [6.45, 7) is 6.04. The van der Waals surface area contributed by atoms with Gasteiger partial charge in [-0.05, 0) is 6.92 Å². The molecule has 2 rings (SSSR count). The third kappa shape index (κ3) is 2.63. The van der Waals surface area contributed by atoms with Gasteiger partial charge in [0, 0.05) is 17.7 Å². The monoisotopic (exact) mass is 238 g/mol. The van der Waals surface area contributed by atoms with Gasteiger partial charge in [-0.2, -0.15) is 0 Å². The Balaban J connectivity index is 1.94. The molecule has 2 heterocycles. The minimum absolute atomic E-state index is 0.371. The van der Waals surface area contributed by atoms with Gasteiger partial charge in [-0.1, -0.05) is 30.8 Å². The summed E-state index contributed by atoms with van der Waals surface area (Å²) in [7, 11) is 0. The van der Waals surface area contributed by atoms with Crippen molar-refractivity contribution < 1.29 is 4.52 Å². The van der Waals surface area contributed by atoms with Crippen molar-refractivity contribution in [2.24, 2.45) is 0 Å². The third-order valence-electron chi connectivity index (χ3n) is 2.05. The van der Waals surface area contributed by atoms with Crippen molar-refractivity contribution in [3.05, 3.63) is 23.3 Å². The minimum Gasteiger partial charge on any atom is -0.361 e. The van der Waals surface area contributed by atoms with Gasteiger partial charge in [0.15, 0.2) is 0 Å². The number of H-pyrrole nitrogens is 1. The SMILES string of the molecule is Cc1cc(CSc2n[nH]c(C(C)C)n2)no1. The molecule has 0 saturated heterocycles. The van der Waals surface area contributed by atoms with Crippen LogP contribution in [0, 0.1) is 6.92 Å². The molecule has 0 aliphatic rings. The van der Waals surface area contributed by atoms with E-state index in [9.17, 15) is 0 Å². The van der Waals surface area contributed by atoms with Gasteiger partial charge < -0.3 is 4.52 Å². The van der Waals surface area contributed by atoms with Crippen molar-refractivity contribution in [2.45, 2.75) is 37.6 Å². The van der Waals surface area contributed by atoms with E-state index in [4.69, 9.17) is 4.52 Å². The molecule has 0 saturated carbocycles. The zero-order valence-electron chi connectivity index (χ0n) is 9.52. The molecule has 0 aromatic carbocycles. The molecule has 6 heteroatoms. The number of hydrogen-bond acceptors (Lipinski definition) is 5. The summed E-state index contributed by atoms with van der Waals surface area (Å²) >= 11 is 1.55. The van der Waals surface area contributed by atoms with E-state index in [0.717, 1.165) is 28.2 Å². The third-order valence-corrected chi connectivity index (χ3v) is 2.94. The Morgan fingerprint density at radius 1 is 1.50 bits per heavy atom. The van der Waals surface area contributed by atoms with Crippen molar-refractivity contribution in [1.82, 2.24) is 20.3 Å². The second kappa shape index (κ2) is 4.69. The van der Waals surface area contributed by atoms with E-state index in [1.54, 1.807) is 11.8 Å². The molecule has 16 heavy (non-hydrogen) atoms. The maximum Gasteiger partial charge on any atom is 0.208 e. The smallest absolute Gasteiger partial charge is 0.208 e. The Hall–Kier alpha value is -1.30. The van der Waals surface area contributed by atoms with Crippen molar-refractivity contribution in [1.29, 1.82) is 0 Å². The topological polar surface area (TPSA) is 67.6 Å². The molecule has 2 aromatic heterocycles. The van der Waals surface area contributed by atoms with Gasteiger partial charge in [-0.15, -0.1) is 5.10 Å². The van der Waals surface area contributed by atoms with Crippen LogP contribution in [0.3, 0.4) is 0 Å². The van der Waals surface area contributed by atoms with Crippen LogP contribution in [0.2, 0.25) is 0 Å². The summed E-state index contributed by atoms with van der Waals surface area (Å²) in [6, 6.07) is 1.92. The van der Waals surface area contributed by atoms with E-state index in [2.05, 4.69) is 34.2 Å². The van der Waals surface area contributed by atoms with Gasteiger partial charge >= 0.3 is 0 Å². The van der Waals surface area contributed by atoms with Crippen LogP contribution < -0.4 is 0 Å². The van der Waals surface area contributed by atoms with Gasteiger partial charge in [0.25, 0.3) is 0 Å². The lowest BCUT2D eigenvalue weighted by Gasteiger charge is -1.95. The first-order valence-corrected chi connectivity index (χ1v) is 6.11. The molecule has 0 aliphatic carbocycles. The number of aryl methyl sites for hydroxylation is 1. The molecule has 5 nitrogen and oxygen atoms in total. The fourth-order valence-electron chi connectivity index (χ4n) is 1.21. The molecule has 0 fully saturated rings. The highest BCUT2D eigenvalue weighted by Gasteiger charge is 2.08. The van der Waals surface area contributed by atoms with Gasteiger partial charge in [0.05, 0.1) is 5.69 Å². The molecule has 0 bridgehead atoms. The first-order chi connectivity index (χ1) is 7.65. The zero-order chi connectivity index (χ0) is 11.5. The van der Waals surface area contributed by atoms with Crippen molar-refractivity contribution >= 4 is 11.8 Å². The molecule has 2 aromatic rings. The molecule has 86 valence electrons. The number of hydrogen-bond donors (Lipinski definition) is 1. The van der Waals surface area contributed by atoms with Crippen molar-refractivity contribution in [3.8, 4) is 0 Å². The summed E-state index contributed by atoms with van der Waals surface area (Å²) < 4.78 is 4.98. The Morgan fingerprint density at radius 3 is 2.88 bits per heavy atom. The van der Waals surface area contributed by atoms with E-state index >= 15 is 0 Å². The summed E-state index contributed by atoms with van der Waals surface area (Å²) in [5.41, 5.74) is 0.915. The predicted molar refractivity (Wildman–Crippen MR) is 61.3 cm³/mol. The molecule has 0 amide bonds. The average Bonchev–Trinajstić information content (AvgIpc) is 2.83. The summed E-state index contributed by atoms with van der Waals surface area (Å²) in [5.74, 6) is 2.84. The molecule has 0 atom stereocenters. The second-order valence-corrected chi connectivity index (χ2v) is 4.82. The number of nitrogens with zero attached hydrogens (tertiary/aromatic N) is 3. The van der Waals surface area contributed by atoms with Crippen molar-refractivity contribution in [3.63, 3.8) is 0 Å². The van der Waals surface area contributed by atoms with Crippen molar-refractivity contribution in [2.75, 3.05) is 0 Å². The maximum atomic E-state index is 4.98. The zero-order valence-corrected chi connectivity index (χ0v) is 10.3. The van der Waals surface area contributed by atoms with Crippen LogP contribution in [0.5, 0.6) is 0 Å². The molecule has 0 unspecified atom stereocenters. The highest BCUT2D eigenvalue weighted by molar-refractivity contribution is 7.98. The Morgan fingerprint density at radius 2 is 2.31 bits per heavy atom. The average molecular weight is 238 g/mol. The lowest BCUT2D eigenvalue weighted by molar-refractivity contribution is 0.393. The number of rotatable bonds is 4. The van der Waals surface area contributed by atoms with Crippen LogP contribution in [0.1, 0.15) is 37.0 Å². The van der Waals surface area contributed by atoms with E-state index in [-0.39, 0.29) is 0 Å². The van der Waals surface area contributed by atoms with Gasteiger partial charge in [-0.3, -0.25) is 5.10 Å². The fraction of sp³-hybridized carbons (Fsp3) is 0.500. The molecular formula is C10H14N4OS. The maximum absolute atomic E-state index is 4.98. The minimum atomic E-state index is 0.371. The van der Waals surface area contributed by atoms with Crippen LogP contribution in [0.4, 0.5) is 0 Å². The largest absolute Gasteiger partial charge is 0.361 e.